The van der Waals surface area contributed by atoms with Crippen molar-refractivity contribution in [2.75, 3.05) is 10.6 Å². The van der Waals surface area contributed by atoms with Gasteiger partial charge in [-0.15, -0.1) is 0 Å². The maximum absolute atomic E-state index is 12.9. The first-order valence-electron chi connectivity index (χ1n) is 11.6. The van der Waals surface area contributed by atoms with Gasteiger partial charge in [-0.05, 0) is 46.8 Å². The molecule has 0 aliphatic carbocycles. The van der Waals surface area contributed by atoms with E-state index in [-0.39, 0.29) is 5.91 Å². The Morgan fingerprint density at radius 2 is 1.67 bits per heavy atom. The Kier molecular flexibility index (Phi) is 5.56. The first kappa shape index (κ1) is 21.5. The van der Waals surface area contributed by atoms with Crippen LogP contribution in [0.1, 0.15) is 16.1 Å². The maximum atomic E-state index is 12.9. The summed E-state index contributed by atoms with van der Waals surface area (Å²) < 4.78 is 0. The van der Waals surface area contributed by atoms with Gasteiger partial charge in [-0.1, -0.05) is 48.5 Å². The first-order valence-corrected chi connectivity index (χ1v) is 11.6. The van der Waals surface area contributed by atoms with Crippen molar-refractivity contribution in [3.05, 3.63) is 115 Å². The molecule has 0 spiro atoms. The lowest BCUT2D eigenvalue weighted by Crippen LogP contribution is -2.12. The van der Waals surface area contributed by atoms with Gasteiger partial charge in [-0.3, -0.25) is 19.9 Å². The van der Waals surface area contributed by atoms with Gasteiger partial charge in [-0.25, -0.2) is 0 Å². The Labute approximate surface area is 207 Å². The Morgan fingerprint density at radius 1 is 0.806 bits per heavy atom. The van der Waals surface area contributed by atoms with Crippen molar-refractivity contribution in [2.24, 2.45) is 0 Å². The topological polar surface area (TPSA) is 95.6 Å². The largest absolute Gasteiger partial charge is 0.380 e. The second kappa shape index (κ2) is 9.31. The van der Waals surface area contributed by atoms with Gasteiger partial charge in [0.1, 0.15) is 0 Å². The van der Waals surface area contributed by atoms with Gasteiger partial charge >= 0.3 is 0 Å². The number of carbonyl (C=O) groups excluding carboxylic acids is 1. The Hall–Kier alpha value is -5.04. The summed E-state index contributed by atoms with van der Waals surface area (Å²) in [7, 11) is 0. The molecule has 3 aromatic heterocycles. The van der Waals surface area contributed by atoms with Gasteiger partial charge in [0.25, 0.3) is 5.91 Å². The van der Waals surface area contributed by atoms with Gasteiger partial charge in [0.15, 0.2) is 5.69 Å². The minimum absolute atomic E-state index is 0.284. The Bertz CT molecular complexity index is 1680. The van der Waals surface area contributed by atoms with Gasteiger partial charge in [0.05, 0.1) is 5.52 Å². The van der Waals surface area contributed by atoms with Crippen molar-refractivity contribution in [3.8, 4) is 11.1 Å². The van der Waals surface area contributed by atoms with Crippen molar-refractivity contribution in [2.45, 2.75) is 6.54 Å². The number of amides is 1. The molecular weight excluding hydrogens is 448 g/mol. The number of aromatic nitrogens is 4. The number of nitrogens with one attached hydrogen (secondary N) is 3. The molecule has 7 heteroatoms. The van der Waals surface area contributed by atoms with E-state index in [4.69, 9.17) is 0 Å². The molecule has 0 saturated heterocycles. The number of aromatic amines is 1. The Balaban J connectivity index is 1.36. The molecule has 0 aliphatic rings. The van der Waals surface area contributed by atoms with Crippen LogP contribution in [0.5, 0.6) is 0 Å². The number of hydrogen-bond donors (Lipinski definition) is 3. The van der Waals surface area contributed by atoms with Crippen LogP contribution in [0.15, 0.2) is 104 Å². The summed E-state index contributed by atoms with van der Waals surface area (Å²) in [6.07, 6.45) is 7.01. The van der Waals surface area contributed by atoms with E-state index in [2.05, 4.69) is 55.1 Å². The highest BCUT2D eigenvalue weighted by Gasteiger charge is 2.16. The highest BCUT2D eigenvalue weighted by atomic mass is 16.1. The van der Waals surface area contributed by atoms with E-state index in [0.29, 0.717) is 11.4 Å². The van der Waals surface area contributed by atoms with Crippen molar-refractivity contribution < 1.29 is 4.79 Å². The third-order valence-corrected chi connectivity index (χ3v) is 6.16. The van der Waals surface area contributed by atoms with E-state index >= 15 is 0 Å². The molecule has 0 radical (unpaired) electrons. The molecule has 0 atom stereocenters. The molecule has 0 saturated carbocycles. The highest BCUT2D eigenvalue weighted by Crippen LogP contribution is 2.33. The number of fused-ring (bicyclic) bond motifs is 2. The highest BCUT2D eigenvalue weighted by molar-refractivity contribution is 6.12. The molecule has 7 nitrogen and oxygen atoms in total. The van der Waals surface area contributed by atoms with Crippen molar-refractivity contribution >= 4 is 39.0 Å². The summed E-state index contributed by atoms with van der Waals surface area (Å²) in [5.74, 6) is -0.284. The SMILES string of the molecule is O=C(Nc1ccncc1)c1n[nH]c2ccc(-c3cncc4c(NCc5ccccc5)cccc34)cc12. The molecule has 3 heterocycles. The van der Waals surface area contributed by atoms with Crippen LogP contribution < -0.4 is 10.6 Å². The van der Waals surface area contributed by atoms with Crippen molar-refractivity contribution in [1.82, 2.24) is 20.2 Å². The van der Waals surface area contributed by atoms with Crippen LogP contribution >= 0.6 is 0 Å². The number of benzene rings is 3. The van der Waals surface area contributed by atoms with Crippen LogP contribution in [0, 0.1) is 0 Å². The van der Waals surface area contributed by atoms with E-state index < -0.39 is 0 Å². The average Bonchev–Trinajstić information content (AvgIpc) is 3.36. The zero-order valence-corrected chi connectivity index (χ0v) is 19.3. The summed E-state index contributed by atoms with van der Waals surface area (Å²) in [5, 5.41) is 16.5. The van der Waals surface area contributed by atoms with E-state index in [9.17, 15) is 4.79 Å². The van der Waals surface area contributed by atoms with Gasteiger partial charge in [-0.2, -0.15) is 5.10 Å². The predicted octanol–water partition coefficient (Wildman–Crippen LogP) is 6.04. The fourth-order valence-electron chi connectivity index (χ4n) is 4.35. The van der Waals surface area contributed by atoms with Gasteiger partial charge in [0.2, 0.25) is 0 Å². The molecule has 6 rings (SSSR count). The number of anilines is 2. The fraction of sp³-hybridized carbons (Fsp3) is 0.0345. The average molecular weight is 471 g/mol. The molecule has 0 unspecified atom stereocenters. The van der Waals surface area contributed by atoms with E-state index in [1.807, 2.05) is 54.9 Å². The predicted molar refractivity (Wildman–Crippen MR) is 143 cm³/mol. The normalized spacial score (nSPS) is 11.0. The Morgan fingerprint density at radius 3 is 2.53 bits per heavy atom. The number of rotatable bonds is 6. The number of hydrogen-bond acceptors (Lipinski definition) is 5. The summed E-state index contributed by atoms with van der Waals surface area (Å²) in [6.45, 7) is 0.723. The molecule has 6 aromatic rings. The molecule has 3 aromatic carbocycles. The van der Waals surface area contributed by atoms with E-state index in [0.717, 1.165) is 45.0 Å². The number of H-pyrrole nitrogens is 1. The molecular formula is C29H22N6O. The second-order valence-corrected chi connectivity index (χ2v) is 8.45. The lowest BCUT2D eigenvalue weighted by Gasteiger charge is -2.12. The minimum Gasteiger partial charge on any atom is -0.380 e. The monoisotopic (exact) mass is 470 g/mol. The zero-order valence-electron chi connectivity index (χ0n) is 19.3. The van der Waals surface area contributed by atoms with Crippen molar-refractivity contribution in [1.29, 1.82) is 0 Å². The summed E-state index contributed by atoms with van der Waals surface area (Å²) >= 11 is 0. The summed E-state index contributed by atoms with van der Waals surface area (Å²) in [6, 6.07) is 25.9. The number of nitrogens with zero attached hydrogens (tertiary/aromatic N) is 3. The fourth-order valence-corrected chi connectivity index (χ4v) is 4.35. The molecule has 174 valence electrons. The molecule has 36 heavy (non-hydrogen) atoms. The van der Waals surface area contributed by atoms with Crippen LogP contribution in [-0.2, 0) is 6.54 Å². The molecule has 1 amide bonds. The number of carbonyl (C=O) groups is 1. The molecule has 0 aliphatic heterocycles. The maximum Gasteiger partial charge on any atom is 0.276 e. The molecule has 0 fully saturated rings. The van der Waals surface area contributed by atoms with E-state index in [1.165, 1.54) is 5.56 Å². The quantitative estimate of drug-likeness (QED) is 0.276. The standard InChI is InChI=1S/C29H22N6O/c36-29(33-21-11-13-30-14-12-21)28-23-15-20(9-10-27(23)34-35-28)24-17-31-18-25-22(24)7-4-8-26(25)32-16-19-5-2-1-3-6-19/h1-15,17-18,32H,16H2,(H,34,35)(H,30,33,36). The van der Waals surface area contributed by atoms with Crippen LogP contribution in [0.25, 0.3) is 32.8 Å². The summed E-state index contributed by atoms with van der Waals surface area (Å²) in [5.41, 5.74) is 5.96. The second-order valence-electron chi connectivity index (χ2n) is 8.45. The van der Waals surface area contributed by atoms with Crippen molar-refractivity contribution in [3.63, 3.8) is 0 Å². The van der Waals surface area contributed by atoms with Crippen LogP contribution in [0.3, 0.4) is 0 Å². The third kappa shape index (κ3) is 4.14. The third-order valence-electron chi connectivity index (χ3n) is 6.16. The lowest BCUT2D eigenvalue weighted by molar-refractivity contribution is 0.102. The first-order chi connectivity index (χ1) is 17.8. The van der Waals surface area contributed by atoms with Crippen LogP contribution in [0.4, 0.5) is 11.4 Å². The smallest absolute Gasteiger partial charge is 0.276 e. The van der Waals surface area contributed by atoms with Gasteiger partial charge < -0.3 is 10.6 Å². The molecule has 3 N–H and O–H groups in total. The van der Waals surface area contributed by atoms with E-state index in [1.54, 1.807) is 24.5 Å². The zero-order chi connectivity index (χ0) is 24.3. The molecule has 0 bridgehead atoms. The van der Waals surface area contributed by atoms with Crippen LogP contribution in [0.2, 0.25) is 0 Å². The van der Waals surface area contributed by atoms with Gasteiger partial charge in [0, 0.05) is 59.0 Å². The lowest BCUT2D eigenvalue weighted by atomic mass is 9.98. The van der Waals surface area contributed by atoms with Crippen LogP contribution in [-0.4, -0.2) is 26.1 Å². The number of pyridine rings is 2. The summed E-state index contributed by atoms with van der Waals surface area (Å²) in [4.78, 5) is 21.5. The minimum atomic E-state index is -0.284.